The van der Waals surface area contributed by atoms with Gasteiger partial charge in [0.15, 0.2) is 0 Å². The van der Waals surface area contributed by atoms with Gasteiger partial charge < -0.3 is 14.4 Å². The summed E-state index contributed by atoms with van der Waals surface area (Å²) in [5.41, 5.74) is 2.84. The van der Waals surface area contributed by atoms with Crippen molar-refractivity contribution in [1.29, 1.82) is 0 Å². The molecule has 2 rings (SSSR count). The molecule has 0 saturated carbocycles. The third-order valence-electron chi connectivity index (χ3n) is 2.87. The van der Waals surface area contributed by atoms with Crippen molar-refractivity contribution in [1.82, 2.24) is 0 Å². The summed E-state index contributed by atoms with van der Waals surface area (Å²) in [5, 5.41) is 10.1. The zero-order chi connectivity index (χ0) is 13.1. The molecule has 0 unspecified atom stereocenters. The van der Waals surface area contributed by atoms with Gasteiger partial charge in [0.05, 0.1) is 29.3 Å². The first kappa shape index (κ1) is 13.0. The molecule has 4 heteroatoms. The lowest BCUT2D eigenvalue weighted by atomic mass is 10.1. The minimum absolute atomic E-state index is 0.504. The highest BCUT2D eigenvalue weighted by atomic mass is 35.5. The predicted octanol–water partition coefficient (Wildman–Crippen LogP) is 3.62. The summed E-state index contributed by atoms with van der Waals surface area (Å²) >= 11 is 6.23. The highest BCUT2D eigenvalue weighted by Gasteiger charge is 2.10. The molecular formula is C14H16ClNO2. The molecule has 3 nitrogen and oxygen atoms in total. The first-order chi connectivity index (χ1) is 8.58. The van der Waals surface area contributed by atoms with Crippen LogP contribution >= 0.6 is 11.6 Å². The molecule has 0 radical (unpaired) electrons. The number of hydrogen-bond acceptors (Lipinski definition) is 3. The van der Waals surface area contributed by atoms with Gasteiger partial charge in [0.2, 0.25) is 0 Å². The van der Waals surface area contributed by atoms with Crippen LogP contribution in [-0.4, -0.2) is 12.2 Å². The van der Waals surface area contributed by atoms with Crippen molar-refractivity contribution in [3.05, 3.63) is 52.9 Å². The summed E-state index contributed by atoms with van der Waals surface area (Å²) in [6, 6.07) is 7.53. The number of rotatable bonds is 4. The molecule has 0 spiro atoms. The van der Waals surface area contributed by atoms with E-state index in [1.54, 1.807) is 25.5 Å². The molecule has 18 heavy (non-hydrogen) atoms. The molecule has 1 heterocycles. The smallest absolute Gasteiger partial charge is 0.0952 e. The van der Waals surface area contributed by atoms with Gasteiger partial charge in [-0.05, 0) is 30.7 Å². The van der Waals surface area contributed by atoms with E-state index in [2.05, 4.69) is 0 Å². The topological polar surface area (TPSA) is 36.6 Å². The van der Waals surface area contributed by atoms with E-state index in [0.29, 0.717) is 5.02 Å². The average molecular weight is 266 g/mol. The Morgan fingerprint density at radius 1 is 1.39 bits per heavy atom. The number of hydrogen-bond donors (Lipinski definition) is 1. The molecule has 2 aromatic rings. The van der Waals surface area contributed by atoms with Crippen LogP contribution < -0.4 is 4.90 Å². The zero-order valence-corrected chi connectivity index (χ0v) is 11.2. The highest BCUT2D eigenvalue weighted by molar-refractivity contribution is 6.33. The average Bonchev–Trinajstić information content (AvgIpc) is 2.81. The standard InChI is InChI=1S/C14H16ClNO2/c1-10(17)12-3-4-14(13(15)7-12)16(2)8-11-5-6-18-9-11/h3-7,9-10,17H,8H2,1-2H3/t10-/m0/s1. The normalized spacial score (nSPS) is 12.4. The maximum atomic E-state index is 9.50. The van der Waals surface area contributed by atoms with Crippen LogP contribution in [0.15, 0.2) is 41.2 Å². The van der Waals surface area contributed by atoms with Gasteiger partial charge in [-0.1, -0.05) is 17.7 Å². The van der Waals surface area contributed by atoms with Crippen molar-refractivity contribution in [2.75, 3.05) is 11.9 Å². The van der Waals surface area contributed by atoms with Crippen molar-refractivity contribution < 1.29 is 9.52 Å². The number of furan rings is 1. The maximum absolute atomic E-state index is 9.50. The lowest BCUT2D eigenvalue weighted by molar-refractivity contribution is 0.199. The van der Waals surface area contributed by atoms with Crippen LogP contribution in [-0.2, 0) is 6.54 Å². The molecule has 0 bridgehead atoms. The van der Waals surface area contributed by atoms with Crippen LogP contribution in [0.4, 0.5) is 5.69 Å². The third-order valence-corrected chi connectivity index (χ3v) is 3.17. The van der Waals surface area contributed by atoms with Crippen molar-refractivity contribution in [2.24, 2.45) is 0 Å². The fourth-order valence-electron chi connectivity index (χ4n) is 1.83. The van der Waals surface area contributed by atoms with Crippen LogP contribution in [0.25, 0.3) is 0 Å². The minimum atomic E-state index is -0.504. The Morgan fingerprint density at radius 2 is 2.17 bits per heavy atom. The second-order valence-corrected chi connectivity index (χ2v) is 4.78. The van der Waals surface area contributed by atoms with Gasteiger partial charge >= 0.3 is 0 Å². The van der Waals surface area contributed by atoms with E-state index in [1.807, 2.05) is 30.1 Å². The quantitative estimate of drug-likeness (QED) is 0.917. The van der Waals surface area contributed by atoms with E-state index in [9.17, 15) is 5.11 Å². The molecule has 0 aliphatic carbocycles. The number of anilines is 1. The molecule has 0 aliphatic rings. The van der Waals surface area contributed by atoms with Crippen molar-refractivity contribution >= 4 is 17.3 Å². The summed E-state index contributed by atoms with van der Waals surface area (Å²) in [5.74, 6) is 0. The summed E-state index contributed by atoms with van der Waals surface area (Å²) in [6.45, 7) is 2.45. The molecule has 1 atom stereocenters. The van der Waals surface area contributed by atoms with Crippen molar-refractivity contribution in [2.45, 2.75) is 19.6 Å². The van der Waals surface area contributed by atoms with E-state index in [0.717, 1.165) is 23.4 Å². The van der Waals surface area contributed by atoms with Gasteiger partial charge in [-0.25, -0.2) is 0 Å². The number of aliphatic hydroxyl groups excluding tert-OH is 1. The van der Waals surface area contributed by atoms with Gasteiger partial charge in [-0.15, -0.1) is 0 Å². The first-order valence-corrected chi connectivity index (χ1v) is 6.15. The first-order valence-electron chi connectivity index (χ1n) is 5.77. The Kier molecular flexibility index (Phi) is 3.94. The number of halogens is 1. The monoisotopic (exact) mass is 265 g/mol. The minimum Gasteiger partial charge on any atom is -0.472 e. The summed E-state index contributed by atoms with van der Waals surface area (Å²) in [7, 11) is 1.97. The van der Waals surface area contributed by atoms with E-state index < -0.39 is 6.10 Å². The van der Waals surface area contributed by atoms with Gasteiger partial charge in [-0.3, -0.25) is 0 Å². The molecule has 1 N–H and O–H groups in total. The summed E-state index contributed by atoms with van der Waals surface area (Å²) < 4.78 is 5.04. The second kappa shape index (κ2) is 5.46. The molecule has 0 saturated heterocycles. The fraction of sp³-hybridized carbons (Fsp3) is 0.286. The van der Waals surface area contributed by atoms with E-state index in [-0.39, 0.29) is 0 Å². The van der Waals surface area contributed by atoms with Gasteiger partial charge in [-0.2, -0.15) is 0 Å². The van der Waals surface area contributed by atoms with Crippen LogP contribution in [0.5, 0.6) is 0 Å². The maximum Gasteiger partial charge on any atom is 0.0952 e. The molecule has 0 amide bonds. The van der Waals surface area contributed by atoms with Crippen LogP contribution in [0, 0.1) is 0 Å². The van der Waals surface area contributed by atoms with Crippen LogP contribution in [0.3, 0.4) is 0 Å². The summed E-state index contributed by atoms with van der Waals surface area (Å²) in [4.78, 5) is 2.04. The Balaban J connectivity index is 2.17. The largest absolute Gasteiger partial charge is 0.472 e. The molecule has 96 valence electrons. The Morgan fingerprint density at radius 3 is 2.72 bits per heavy atom. The molecular weight excluding hydrogens is 250 g/mol. The summed E-state index contributed by atoms with van der Waals surface area (Å²) in [6.07, 6.45) is 2.87. The Labute approximate surface area is 112 Å². The van der Waals surface area contributed by atoms with Gasteiger partial charge in [0.1, 0.15) is 0 Å². The van der Waals surface area contributed by atoms with Crippen molar-refractivity contribution in [3.63, 3.8) is 0 Å². The lowest BCUT2D eigenvalue weighted by Crippen LogP contribution is -2.16. The number of benzene rings is 1. The van der Waals surface area contributed by atoms with Crippen LogP contribution in [0.1, 0.15) is 24.2 Å². The highest BCUT2D eigenvalue weighted by Crippen LogP contribution is 2.29. The fourth-order valence-corrected chi connectivity index (χ4v) is 2.17. The van der Waals surface area contributed by atoms with E-state index in [4.69, 9.17) is 16.0 Å². The van der Waals surface area contributed by atoms with E-state index >= 15 is 0 Å². The van der Waals surface area contributed by atoms with Gasteiger partial charge in [0.25, 0.3) is 0 Å². The van der Waals surface area contributed by atoms with E-state index in [1.165, 1.54) is 0 Å². The molecule has 0 fully saturated rings. The number of aliphatic hydroxyl groups is 1. The Bertz CT molecular complexity index is 509. The number of nitrogens with zero attached hydrogens (tertiary/aromatic N) is 1. The molecule has 0 aliphatic heterocycles. The van der Waals surface area contributed by atoms with Gasteiger partial charge in [0, 0.05) is 19.2 Å². The molecule has 1 aromatic carbocycles. The Hall–Kier alpha value is -1.45. The predicted molar refractivity (Wildman–Crippen MR) is 72.9 cm³/mol. The SMILES string of the molecule is C[C@H](O)c1ccc(N(C)Cc2ccoc2)c(Cl)c1. The van der Waals surface area contributed by atoms with Crippen molar-refractivity contribution in [3.8, 4) is 0 Å². The molecule has 1 aromatic heterocycles. The third kappa shape index (κ3) is 2.86. The second-order valence-electron chi connectivity index (χ2n) is 4.37. The van der Waals surface area contributed by atoms with Crippen LogP contribution in [0.2, 0.25) is 5.02 Å². The lowest BCUT2D eigenvalue weighted by Gasteiger charge is -2.20. The zero-order valence-electron chi connectivity index (χ0n) is 10.4.